The molecule has 0 aromatic rings. The Kier molecular flexibility index (Phi) is 4.49. The van der Waals surface area contributed by atoms with Crippen LogP contribution in [0.25, 0.3) is 0 Å². The molecule has 0 radical (unpaired) electrons. The highest BCUT2D eigenvalue weighted by atomic mass is 16.6. The molecule has 0 aromatic carbocycles. The normalized spacial score (nSPS) is 15.4. The number of rotatable bonds is 7. The predicted octanol–water partition coefficient (Wildman–Crippen LogP) is 0.0478. The molecule has 0 atom stereocenters. The van der Waals surface area contributed by atoms with E-state index in [0.29, 0.717) is 19.8 Å². The fourth-order valence-electron chi connectivity index (χ4n) is 0.850. The van der Waals surface area contributed by atoms with Crippen LogP contribution in [0, 0.1) is 0 Å². The van der Waals surface area contributed by atoms with Gasteiger partial charge < -0.3 is 9.47 Å². The van der Waals surface area contributed by atoms with Crippen LogP contribution >= 0.6 is 0 Å². The zero-order valence-corrected chi connectivity index (χ0v) is 7.70. The lowest BCUT2D eigenvalue weighted by atomic mass is 10.6. The molecule has 74 valence electrons. The van der Waals surface area contributed by atoms with Gasteiger partial charge >= 0.3 is 5.97 Å². The number of nitrogens with zero attached hydrogens (tertiary/aromatic N) is 1. The Labute approximate surface area is 78.1 Å². The van der Waals surface area contributed by atoms with Crippen molar-refractivity contribution in [1.29, 1.82) is 0 Å². The van der Waals surface area contributed by atoms with Crippen LogP contribution in [0.15, 0.2) is 12.7 Å². The van der Waals surface area contributed by atoms with Gasteiger partial charge in [0, 0.05) is 25.7 Å². The van der Waals surface area contributed by atoms with Crippen LogP contribution in [-0.4, -0.2) is 50.3 Å². The van der Waals surface area contributed by atoms with Crippen molar-refractivity contribution >= 4 is 5.97 Å². The molecule has 1 fully saturated rings. The second kappa shape index (κ2) is 5.72. The van der Waals surface area contributed by atoms with Gasteiger partial charge in [-0.1, -0.05) is 6.58 Å². The highest BCUT2D eigenvalue weighted by Crippen LogP contribution is 2.00. The van der Waals surface area contributed by atoms with Gasteiger partial charge in [-0.2, -0.15) is 0 Å². The number of esters is 1. The summed E-state index contributed by atoms with van der Waals surface area (Å²) in [4.78, 5) is 12.8. The molecule has 0 saturated carbocycles. The summed E-state index contributed by atoms with van der Waals surface area (Å²) in [5.41, 5.74) is 0. The summed E-state index contributed by atoms with van der Waals surface area (Å²) in [7, 11) is 0. The highest BCUT2D eigenvalue weighted by molar-refractivity contribution is 5.81. The van der Waals surface area contributed by atoms with Crippen molar-refractivity contribution in [2.45, 2.75) is 0 Å². The molecule has 1 aliphatic heterocycles. The molecule has 1 rings (SSSR count). The first-order chi connectivity index (χ1) is 6.33. The van der Waals surface area contributed by atoms with Gasteiger partial charge in [-0.25, -0.2) is 4.79 Å². The minimum atomic E-state index is -0.394. The first-order valence-corrected chi connectivity index (χ1v) is 4.42. The third kappa shape index (κ3) is 5.38. The maximum Gasteiger partial charge on any atom is 0.330 e. The maximum atomic E-state index is 10.6. The lowest BCUT2D eigenvalue weighted by Gasteiger charge is -2.04. The van der Waals surface area contributed by atoms with E-state index in [4.69, 9.17) is 9.47 Å². The second-order valence-corrected chi connectivity index (χ2v) is 2.83. The van der Waals surface area contributed by atoms with Gasteiger partial charge in [0.1, 0.15) is 6.61 Å². The lowest BCUT2D eigenvalue weighted by Crippen LogP contribution is -2.13. The molecule has 4 nitrogen and oxygen atoms in total. The van der Waals surface area contributed by atoms with E-state index in [0.717, 1.165) is 12.6 Å². The summed E-state index contributed by atoms with van der Waals surface area (Å²) in [6.07, 6.45) is 1.15. The van der Waals surface area contributed by atoms with Crippen molar-refractivity contribution < 1.29 is 14.3 Å². The van der Waals surface area contributed by atoms with Gasteiger partial charge in [0.2, 0.25) is 0 Å². The molecule has 0 N–H and O–H groups in total. The summed E-state index contributed by atoms with van der Waals surface area (Å²) in [6.45, 7) is 8.14. The largest absolute Gasteiger partial charge is 0.460 e. The van der Waals surface area contributed by atoms with Crippen LogP contribution in [0.2, 0.25) is 0 Å². The maximum absolute atomic E-state index is 10.6. The van der Waals surface area contributed by atoms with E-state index in [9.17, 15) is 4.79 Å². The Morgan fingerprint density at radius 1 is 1.38 bits per heavy atom. The number of carbonyl (C=O) groups is 1. The molecule has 1 saturated heterocycles. The quantitative estimate of drug-likeness (QED) is 0.243. The summed E-state index contributed by atoms with van der Waals surface area (Å²) >= 11 is 0. The number of ether oxygens (including phenoxy) is 2. The van der Waals surface area contributed by atoms with E-state index in [2.05, 4.69) is 11.5 Å². The highest BCUT2D eigenvalue weighted by Gasteiger charge is 2.15. The molecular formula is C9H15NO3. The van der Waals surface area contributed by atoms with E-state index in [1.165, 1.54) is 13.1 Å². The Morgan fingerprint density at radius 2 is 2.15 bits per heavy atom. The molecule has 1 heterocycles. The Morgan fingerprint density at radius 3 is 2.77 bits per heavy atom. The van der Waals surface area contributed by atoms with Gasteiger partial charge in [-0.15, -0.1) is 0 Å². The molecule has 0 spiro atoms. The molecule has 13 heavy (non-hydrogen) atoms. The standard InChI is InChI=1S/C9H15NO3/c1-2-9(11)13-8-7-12-6-5-10-3-4-10/h2H,1,3-8H2. The second-order valence-electron chi connectivity index (χ2n) is 2.83. The van der Waals surface area contributed by atoms with Crippen molar-refractivity contribution in [3.05, 3.63) is 12.7 Å². The van der Waals surface area contributed by atoms with Gasteiger partial charge in [0.25, 0.3) is 0 Å². The van der Waals surface area contributed by atoms with Crippen molar-refractivity contribution in [3.63, 3.8) is 0 Å². The smallest absolute Gasteiger partial charge is 0.330 e. The van der Waals surface area contributed by atoms with Crippen LogP contribution in [0.1, 0.15) is 0 Å². The van der Waals surface area contributed by atoms with Gasteiger partial charge in [-0.05, 0) is 0 Å². The summed E-state index contributed by atoms with van der Waals surface area (Å²) in [6, 6.07) is 0. The summed E-state index contributed by atoms with van der Waals surface area (Å²) < 4.78 is 9.94. The SMILES string of the molecule is C=CC(=O)OCCOCCN1CC1. The molecule has 1 aliphatic rings. The van der Waals surface area contributed by atoms with Gasteiger partial charge in [-0.3, -0.25) is 4.90 Å². The zero-order chi connectivity index (χ0) is 9.52. The fraction of sp³-hybridized carbons (Fsp3) is 0.667. The molecule has 0 bridgehead atoms. The zero-order valence-electron chi connectivity index (χ0n) is 7.70. The minimum absolute atomic E-state index is 0.310. The van der Waals surface area contributed by atoms with Crippen LogP contribution in [-0.2, 0) is 14.3 Å². The van der Waals surface area contributed by atoms with Crippen LogP contribution in [0.3, 0.4) is 0 Å². The number of hydrogen-bond donors (Lipinski definition) is 0. The van der Waals surface area contributed by atoms with E-state index >= 15 is 0 Å². The summed E-state index contributed by atoms with van der Waals surface area (Å²) in [5, 5.41) is 0. The average molecular weight is 185 g/mol. The van der Waals surface area contributed by atoms with Crippen LogP contribution in [0.4, 0.5) is 0 Å². The molecule has 0 aliphatic carbocycles. The van der Waals surface area contributed by atoms with E-state index < -0.39 is 5.97 Å². The molecule has 0 aromatic heterocycles. The van der Waals surface area contributed by atoms with Crippen molar-refractivity contribution in [2.24, 2.45) is 0 Å². The van der Waals surface area contributed by atoms with Gasteiger partial charge in [0.15, 0.2) is 0 Å². The topological polar surface area (TPSA) is 38.5 Å². The fourth-order valence-corrected chi connectivity index (χ4v) is 0.850. The Balaban J connectivity index is 1.77. The van der Waals surface area contributed by atoms with E-state index in [1.807, 2.05) is 0 Å². The lowest BCUT2D eigenvalue weighted by molar-refractivity contribution is -0.139. The molecule has 0 amide bonds. The average Bonchev–Trinajstić information content (AvgIpc) is 2.94. The number of carbonyl (C=O) groups excluding carboxylic acids is 1. The van der Waals surface area contributed by atoms with Crippen molar-refractivity contribution in [3.8, 4) is 0 Å². The van der Waals surface area contributed by atoms with Gasteiger partial charge in [0.05, 0.1) is 13.2 Å². The first kappa shape index (κ1) is 10.2. The minimum Gasteiger partial charge on any atom is -0.460 e. The Bertz CT molecular complexity index is 178. The summed E-state index contributed by atoms with van der Waals surface area (Å²) in [5.74, 6) is -0.394. The van der Waals surface area contributed by atoms with Crippen molar-refractivity contribution in [1.82, 2.24) is 4.90 Å². The van der Waals surface area contributed by atoms with Crippen molar-refractivity contribution in [2.75, 3.05) is 39.5 Å². The Hall–Kier alpha value is -0.870. The van der Waals surface area contributed by atoms with E-state index in [-0.39, 0.29) is 0 Å². The molecular weight excluding hydrogens is 170 g/mol. The molecule has 4 heteroatoms. The van der Waals surface area contributed by atoms with E-state index in [1.54, 1.807) is 0 Å². The van der Waals surface area contributed by atoms with Crippen LogP contribution in [0.5, 0.6) is 0 Å². The predicted molar refractivity (Wildman–Crippen MR) is 48.4 cm³/mol. The third-order valence-electron chi connectivity index (χ3n) is 1.73. The van der Waals surface area contributed by atoms with Crippen LogP contribution < -0.4 is 0 Å². The third-order valence-corrected chi connectivity index (χ3v) is 1.73. The number of hydrogen-bond acceptors (Lipinski definition) is 4. The molecule has 0 unspecified atom stereocenters. The first-order valence-electron chi connectivity index (χ1n) is 4.42. The monoisotopic (exact) mass is 185 g/mol.